The molecule has 0 heterocycles. The van der Waals surface area contributed by atoms with Crippen LogP contribution in [0.2, 0.25) is 5.02 Å². The molecule has 0 aromatic heterocycles. The number of rotatable bonds is 8. The van der Waals surface area contributed by atoms with E-state index in [0.717, 1.165) is 11.3 Å². The van der Waals surface area contributed by atoms with E-state index in [4.69, 9.17) is 22.1 Å². The van der Waals surface area contributed by atoms with E-state index in [1.165, 1.54) is 0 Å². The molecule has 6 nitrogen and oxygen atoms in total. The molecule has 0 aliphatic heterocycles. The van der Waals surface area contributed by atoms with Gasteiger partial charge in [-0.3, -0.25) is 9.59 Å². The minimum absolute atomic E-state index is 0.0623. The number of aryl methyl sites for hydroxylation is 1. The molecule has 0 bridgehead atoms. The van der Waals surface area contributed by atoms with Crippen LogP contribution >= 0.6 is 11.6 Å². The lowest BCUT2D eigenvalue weighted by atomic mass is 10.2. The minimum Gasteiger partial charge on any atom is -0.493 e. The second kappa shape index (κ2) is 9.20. The molecule has 21 heavy (non-hydrogen) atoms. The first-order valence-electron chi connectivity index (χ1n) is 6.65. The zero-order valence-electron chi connectivity index (χ0n) is 11.9. The minimum atomic E-state index is -0.355. The fourth-order valence-corrected chi connectivity index (χ4v) is 1.80. The molecule has 1 rings (SSSR count). The molecular formula is C14H20ClN3O3. The van der Waals surface area contributed by atoms with Crippen LogP contribution in [0.15, 0.2) is 18.2 Å². The molecule has 0 unspecified atom stereocenters. The van der Waals surface area contributed by atoms with E-state index in [1.807, 2.05) is 19.1 Å². The molecular weight excluding hydrogens is 294 g/mol. The second-order valence-corrected chi connectivity index (χ2v) is 4.88. The van der Waals surface area contributed by atoms with Gasteiger partial charge < -0.3 is 21.1 Å². The lowest BCUT2D eigenvalue weighted by Gasteiger charge is -2.10. The predicted molar refractivity (Wildman–Crippen MR) is 81.4 cm³/mol. The maximum Gasteiger partial charge on any atom is 0.239 e. The van der Waals surface area contributed by atoms with Crippen LogP contribution in [-0.4, -0.2) is 38.1 Å². The zero-order valence-corrected chi connectivity index (χ0v) is 12.7. The lowest BCUT2D eigenvalue weighted by Crippen LogP contribution is -2.39. The number of carbonyl (C=O) groups is 2. The number of hydrogen-bond acceptors (Lipinski definition) is 4. The molecule has 4 N–H and O–H groups in total. The first-order chi connectivity index (χ1) is 10.0. The van der Waals surface area contributed by atoms with Crippen LogP contribution in [0.4, 0.5) is 0 Å². The molecule has 0 atom stereocenters. The molecule has 1 aromatic rings. The number of halogens is 1. The highest BCUT2D eigenvalue weighted by Gasteiger charge is 2.03. The Morgan fingerprint density at radius 1 is 1.29 bits per heavy atom. The Morgan fingerprint density at radius 3 is 2.71 bits per heavy atom. The SMILES string of the molecule is Cc1cc(Cl)ccc1OCCCNC(=O)CNC(=O)CN. The van der Waals surface area contributed by atoms with Crippen molar-refractivity contribution in [1.29, 1.82) is 0 Å². The van der Waals surface area contributed by atoms with Gasteiger partial charge in [0.25, 0.3) is 0 Å². The van der Waals surface area contributed by atoms with Gasteiger partial charge in [-0.25, -0.2) is 0 Å². The summed E-state index contributed by atoms with van der Waals surface area (Å²) < 4.78 is 5.59. The van der Waals surface area contributed by atoms with Crippen molar-refractivity contribution in [3.05, 3.63) is 28.8 Å². The van der Waals surface area contributed by atoms with E-state index in [9.17, 15) is 9.59 Å². The van der Waals surface area contributed by atoms with Crippen LogP contribution < -0.4 is 21.1 Å². The average Bonchev–Trinajstić information content (AvgIpc) is 2.46. The summed E-state index contributed by atoms with van der Waals surface area (Å²) in [5, 5.41) is 5.74. The quantitative estimate of drug-likeness (QED) is 0.613. The molecule has 7 heteroatoms. The normalized spacial score (nSPS) is 10.0. The van der Waals surface area contributed by atoms with Gasteiger partial charge in [0.05, 0.1) is 19.7 Å². The lowest BCUT2D eigenvalue weighted by molar-refractivity contribution is -0.125. The molecule has 1 aromatic carbocycles. The van der Waals surface area contributed by atoms with Crippen molar-refractivity contribution >= 4 is 23.4 Å². The maximum absolute atomic E-state index is 11.4. The molecule has 0 fully saturated rings. The van der Waals surface area contributed by atoms with Gasteiger partial charge in [-0.05, 0) is 37.1 Å². The van der Waals surface area contributed by atoms with Crippen molar-refractivity contribution in [2.45, 2.75) is 13.3 Å². The molecule has 0 spiro atoms. The van der Waals surface area contributed by atoms with Gasteiger partial charge in [0.2, 0.25) is 11.8 Å². The van der Waals surface area contributed by atoms with Crippen LogP contribution in [0.5, 0.6) is 5.75 Å². The smallest absolute Gasteiger partial charge is 0.239 e. The summed E-state index contributed by atoms with van der Waals surface area (Å²) >= 11 is 5.86. The van der Waals surface area contributed by atoms with Gasteiger partial charge in [-0.2, -0.15) is 0 Å². The Bertz CT molecular complexity index is 494. The molecule has 0 aliphatic carbocycles. The van der Waals surface area contributed by atoms with E-state index in [1.54, 1.807) is 6.07 Å². The highest BCUT2D eigenvalue weighted by atomic mass is 35.5. The molecule has 0 saturated heterocycles. The molecule has 0 saturated carbocycles. The number of hydrogen-bond donors (Lipinski definition) is 3. The van der Waals surface area contributed by atoms with Crippen LogP contribution in [0.1, 0.15) is 12.0 Å². The largest absolute Gasteiger partial charge is 0.493 e. The van der Waals surface area contributed by atoms with Crippen molar-refractivity contribution in [3.8, 4) is 5.75 Å². The number of ether oxygens (including phenoxy) is 1. The van der Waals surface area contributed by atoms with Crippen LogP contribution in [-0.2, 0) is 9.59 Å². The second-order valence-electron chi connectivity index (χ2n) is 4.44. The monoisotopic (exact) mass is 313 g/mol. The Balaban J connectivity index is 2.14. The van der Waals surface area contributed by atoms with Crippen LogP contribution in [0.25, 0.3) is 0 Å². The van der Waals surface area contributed by atoms with Gasteiger partial charge in [-0.1, -0.05) is 11.6 Å². The summed E-state index contributed by atoms with van der Waals surface area (Å²) in [6, 6.07) is 5.42. The Labute approximate surface area is 129 Å². The Kier molecular flexibility index (Phi) is 7.56. The van der Waals surface area contributed by atoms with Crippen molar-refractivity contribution in [2.24, 2.45) is 5.73 Å². The van der Waals surface area contributed by atoms with E-state index >= 15 is 0 Å². The highest BCUT2D eigenvalue weighted by molar-refractivity contribution is 6.30. The van der Waals surface area contributed by atoms with Crippen molar-refractivity contribution in [1.82, 2.24) is 10.6 Å². The third kappa shape index (κ3) is 6.97. The van der Waals surface area contributed by atoms with Gasteiger partial charge in [0.1, 0.15) is 5.75 Å². The van der Waals surface area contributed by atoms with Crippen LogP contribution in [0, 0.1) is 6.92 Å². The first kappa shape index (κ1) is 17.3. The summed E-state index contributed by atoms with van der Waals surface area (Å²) in [5.74, 6) is 0.173. The topological polar surface area (TPSA) is 93.5 Å². The first-order valence-corrected chi connectivity index (χ1v) is 7.03. The van der Waals surface area contributed by atoms with Crippen molar-refractivity contribution < 1.29 is 14.3 Å². The standard InChI is InChI=1S/C14H20ClN3O3/c1-10-7-11(15)3-4-12(10)21-6-2-5-17-14(20)9-18-13(19)8-16/h3-4,7H,2,5-6,8-9,16H2,1H3,(H,17,20)(H,18,19). The van der Waals surface area contributed by atoms with Gasteiger partial charge in [-0.15, -0.1) is 0 Å². The summed E-state index contributed by atoms with van der Waals surface area (Å²) in [6.07, 6.45) is 0.665. The number of carbonyl (C=O) groups excluding carboxylic acids is 2. The average molecular weight is 314 g/mol. The number of nitrogens with one attached hydrogen (secondary N) is 2. The number of benzene rings is 1. The third-order valence-electron chi connectivity index (χ3n) is 2.67. The van der Waals surface area contributed by atoms with E-state index < -0.39 is 0 Å². The Morgan fingerprint density at radius 2 is 2.05 bits per heavy atom. The van der Waals surface area contributed by atoms with E-state index in [2.05, 4.69) is 10.6 Å². The van der Waals surface area contributed by atoms with E-state index in [-0.39, 0.29) is 24.9 Å². The number of nitrogens with two attached hydrogens (primary N) is 1. The molecule has 2 amide bonds. The third-order valence-corrected chi connectivity index (χ3v) is 2.90. The van der Waals surface area contributed by atoms with Gasteiger partial charge >= 0.3 is 0 Å². The van der Waals surface area contributed by atoms with Gasteiger partial charge in [0, 0.05) is 11.6 Å². The fourth-order valence-electron chi connectivity index (χ4n) is 1.57. The van der Waals surface area contributed by atoms with E-state index in [0.29, 0.717) is 24.6 Å². The van der Waals surface area contributed by atoms with Crippen LogP contribution in [0.3, 0.4) is 0 Å². The highest BCUT2D eigenvalue weighted by Crippen LogP contribution is 2.21. The maximum atomic E-state index is 11.4. The molecule has 0 aliphatic rings. The summed E-state index contributed by atoms with van der Waals surface area (Å²) in [6.45, 7) is 2.69. The summed E-state index contributed by atoms with van der Waals surface area (Å²) in [7, 11) is 0. The summed E-state index contributed by atoms with van der Waals surface area (Å²) in [4.78, 5) is 22.2. The zero-order chi connectivity index (χ0) is 15.7. The predicted octanol–water partition coefficient (Wildman–Crippen LogP) is 0.608. The van der Waals surface area contributed by atoms with Gasteiger partial charge in [0.15, 0.2) is 0 Å². The van der Waals surface area contributed by atoms with Crippen molar-refractivity contribution in [3.63, 3.8) is 0 Å². The summed E-state index contributed by atoms with van der Waals surface area (Å²) in [5.41, 5.74) is 6.07. The molecule has 116 valence electrons. The Hall–Kier alpha value is -1.79. The molecule has 0 radical (unpaired) electrons. The number of amides is 2. The fraction of sp³-hybridized carbons (Fsp3) is 0.429. The van der Waals surface area contributed by atoms with Crippen molar-refractivity contribution in [2.75, 3.05) is 26.2 Å².